The predicted molar refractivity (Wildman–Crippen MR) is 60.2 cm³/mol. The number of allylic oxidation sites excluding steroid dienone is 3. The molecule has 0 N–H and O–H groups in total. The maximum absolute atomic E-state index is 13.4. The van der Waals surface area contributed by atoms with Gasteiger partial charge in [0.2, 0.25) is 0 Å². The molecule has 2 heteroatoms. The number of ether oxygens (including phenoxy) is 1. The second kappa shape index (κ2) is 5.15. The van der Waals surface area contributed by atoms with Crippen LogP contribution in [0.3, 0.4) is 0 Å². The fourth-order valence-corrected chi connectivity index (χ4v) is 1.08. The summed E-state index contributed by atoms with van der Waals surface area (Å²) in [6.45, 7) is 8.91. The van der Waals surface area contributed by atoms with E-state index in [1.54, 1.807) is 24.3 Å². The van der Waals surface area contributed by atoms with Crippen LogP contribution in [-0.2, 0) is 0 Å². The van der Waals surface area contributed by atoms with Gasteiger partial charge in [0.1, 0.15) is 5.76 Å². The summed E-state index contributed by atoms with van der Waals surface area (Å²) in [5, 5.41) is 0. The maximum Gasteiger partial charge on any atom is 0.165 e. The van der Waals surface area contributed by atoms with Gasteiger partial charge in [0.05, 0.1) is 0 Å². The van der Waals surface area contributed by atoms with Gasteiger partial charge in [0, 0.05) is 0 Å². The van der Waals surface area contributed by atoms with Gasteiger partial charge in [-0.15, -0.1) is 0 Å². The second-order valence-corrected chi connectivity index (χ2v) is 3.04. The van der Waals surface area contributed by atoms with Crippen molar-refractivity contribution in [1.29, 1.82) is 0 Å². The Morgan fingerprint density at radius 3 is 2.67 bits per heavy atom. The van der Waals surface area contributed by atoms with Gasteiger partial charge in [-0.2, -0.15) is 0 Å². The van der Waals surface area contributed by atoms with E-state index in [2.05, 4.69) is 13.2 Å². The average molecular weight is 204 g/mol. The summed E-state index contributed by atoms with van der Waals surface area (Å²) >= 11 is 0. The number of aryl methyl sites for hydroxylation is 1. The SMILES string of the molecule is C=C/C=C(\C=C)Oc1ccc(C)cc1F. The van der Waals surface area contributed by atoms with Gasteiger partial charge in [-0.1, -0.05) is 25.3 Å². The molecule has 0 spiro atoms. The molecule has 0 fully saturated rings. The summed E-state index contributed by atoms with van der Waals surface area (Å²) in [6.07, 6.45) is 4.68. The van der Waals surface area contributed by atoms with Crippen LogP contribution in [0.5, 0.6) is 5.75 Å². The Bertz CT molecular complexity index is 405. The molecule has 0 radical (unpaired) electrons. The summed E-state index contributed by atoms with van der Waals surface area (Å²) in [5.41, 5.74) is 0.854. The molecular formula is C13H13FO. The van der Waals surface area contributed by atoms with E-state index in [4.69, 9.17) is 4.74 Å². The van der Waals surface area contributed by atoms with E-state index in [0.29, 0.717) is 5.76 Å². The zero-order chi connectivity index (χ0) is 11.3. The number of hydrogen-bond acceptors (Lipinski definition) is 1. The van der Waals surface area contributed by atoms with Crippen LogP contribution in [0, 0.1) is 12.7 Å². The van der Waals surface area contributed by atoms with E-state index in [-0.39, 0.29) is 11.6 Å². The van der Waals surface area contributed by atoms with E-state index >= 15 is 0 Å². The minimum atomic E-state index is -0.383. The second-order valence-electron chi connectivity index (χ2n) is 3.04. The van der Waals surface area contributed by atoms with Crippen LogP contribution < -0.4 is 4.74 Å². The van der Waals surface area contributed by atoms with Crippen molar-refractivity contribution in [3.8, 4) is 5.75 Å². The molecule has 1 rings (SSSR count). The van der Waals surface area contributed by atoms with Gasteiger partial charge in [0.25, 0.3) is 0 Å². The topological polar surface area (TPSA) is 9.23 Å². The largest absolute Gasteiger partial charge is 0.454 e. The van der Waals surface area contributed by atoms with Crippen molar-refractivity contribution < 1.29 is 9.13 Å². The van der Waals surface area contributed by atoms with Crippen LogP contribution in [0.25, 0.3) is 0 Å². The van der Waals surface area contributed by atoms with E-state index in [0.717, 1.165) is 5.56 Å². The first kappa shape index (κ1) is 11.2. The lowest BCUT2D eigenvalue weighted by atomic mass is 10.2. The molecule has 0 saturated carbocycles. The summed E-state index contributed by atoms with van der Waals surface area (Å²) in [7, 11) is 0. The number of benzene rings is 1. The van der Waals surface area contributed by atoms with Crippen molar-refractivity contribution in [3.63, 3.8) is 0 Å². The molecule has 0 amide bonds. The van der Waals surface area contributed by atoms with E-state index in [1.165, 1.54) is 12.1 Å². The first-order valence-electron chi connectivity index (χ1n) is 4.56. The monoisotopic (exact) mass is 204 g/mol. The molecular weight excluding hydrogens is 191 g/mol. The lowest BCUT2D eigenvalue weighted by molar-refractivity contribution is 0.412. The van der Waals surface area contributed by atoms with Gasteiger partial charge >= 0.3 is 0 Å². The predicted octanol–water partition coefficient (Wildman–Crippen LogP) is 3.77. The number of halogens is 1. The molecule has 78 valence electrons. The Labute approximate surface area is 89.2 Å². The van der Waals surface area contributed by atoms with Crippen molar-refractivity contribution in [2.45, 2.75) is 6.92 Å². The highest BCUT2D eigenvalue weighted by Crippen LogP contribution is 2.20. The molecule has 0 atom stereocenters. The van der Waals surface area contributed by atoms with Crippen molar-refractivity contribution in [1.82, 2.24) is 0 Å². The van der Waals surface area contributed by atoms with Crippen molar-refractivity contribution in [3.05, 3.63) is 66.7 Å². The van der Waals surface area contributed by atoms with Gasteiger partial charge in [-0.25, -0.2) is 4.39 Å². The lowest BCUT2D eigenvalue weighted by Gasteiger charge is -2.07. The minimum absolute atomic E-state index is 0.189. The molecule has 1 nitrogen and oxygen atoms in total. The highest BCUT2D eigenvalue weighted by atomic mass is 19.1. The molecule has 15 heavy (non-hydrogen) atoms. The minimum Gasteiger partial charge on any atom is -0.454 e. The van der Waals surface area contributed by atoms with Crippen LogP contribution in [-0.4, -0.2) is 0 Å². The third-order valence-electron chi connectivity index (χ3n) is 1.80. The standard InChI is InChI=1S/C13H13FO/c1-4-6-11(5-2)15-13-8-7-10(3)9-12(13)14/h4-9H,1-2H2,3H3/b11-6+. The fraction of sp³-hybridized carbons (Fsp3) is 0.0769. The summed E-state index contributed by atoms with van der Waals surface area (Å²) in [6, 6.07) is 4.79. The molecule has 0 unspecified atom stereocenters. The highest BCUT2D eigenvalue weighted by Gasteiger charge is 2.04. The van der Waals surface area contributed by atoms with Crippen LogP contribution >= 0.6 is 0 Å². The Kier molecular flexibility index (Phi) is 3.86. The number of hydrogen-bond donors (Lipinski definition) is 0. The van der Waals surface area contributed by atoms with Gasteiger partial charge in [-0.05, 0) is 36.8 Å². The van der Waals surface area contributed by atoms with E-state index < -0.39 is 0 Å². The van der Waals surface area contributed by atoms with Gasteiger partial charge < -0.3 is 4.74 Å². The first-order valence-corrected chi connectivity index (χ1v) is 4.56. The molecule has 0 aliphatic heterocycles. The van der Waals surface area contributed by atoms with Gasteiger partial charge in [-0.3, -0.25) is 0 Å². The number of rotatable bonds is 4. The smallest absolute Gasteiger partial charge is 0.165 e. The molecule has 0 bridgehead atoms. The Morgan fingerprint density at radius 2 is 2.13 bits per heavy atom. The van der Waals surface area contributed by atoms with Crippen molar-refractivity contribution in [2.24, 2.45) is 0 Å². The fourth-order valence-electron chi connectivity index (χ4n) is 1.08. The zero-order valence-corrected chi connectivity index (χ0v) is 8.66. The first-order chi connectivity index (χ1) is 7.17. The van der Waals surface area contributed by atoms with Crippen molar-refractivity contribution in [2.75, 3.05) is 0 Å². The summed E-state index contributed by atoms with van der Waals surface area (Å²) in [4.78, 5) is 0. The van der Waals surface area contributed by atoms with E-state index in [9.17, 15) is 4.39 Å². The summed E-state index contributed by atoms with van der Waals surface area (Å²) in [5.74, 6) is 0.271. The van der Waals surface area contributed by atoms with Crippen LogP contribution in [0.15, 0.2) is 55.3 Å². The molecule has 0 heterocycles. The summed E-state index contributed by atoms with van der Waals surface area (Å²) < 4.78 is 18.7. The Hall–Kier alpha value is -1.83. The molecule has 1 aromatic rings. The Balaban J connectivity index is 2.93. The lowest BCUT2D eigenvalue weighted by Crippen LogP contribution is -1.94. The molecule has 0 saturated heterocycles. The third-order valence-corrected chi connectivity index (χ3v) is 1.80. The maximum atomic E-state index is 13.4. The molecule has 0 aliphatic rings. The normalized spacial score (nSPS) is 10.9. The van der Waals surface area contributed by atoms with Crippen LogP contribution in [0.1, 0.15) is 5.56 Å². The van der Waals surface area contributed by atoms with Crippen molar-refractivity contribution >= 4 is 0 Å². The highest BCUT2D eigenvalue weighted by molar-refractivity contribution is 5.31. The van der Waals surface area contributed by atoms with E-state index in [1.807, 2.05) is 6.92 Å². The third kappa shape index (κ3) is 3.09. The zero-order valence-electron chi connectivity index (χ0n) is 8.66. The quantitative estimate of drug-likeness (QED) is 0.536. The molecule has 1 aromatic carbocycles. The Morgan fingerprint density at radius 1 is 1.40 bits per heavy atom. The molecule has 0 aliphatic carbocycles. The van der Waals surface area contributed by atoms with Crippen LogP contribution in [0.4, 0.5) is 4.39 Å². The van der Waals surface area contributed by atoms with Crippen LogP contribution in [0.2, 0.25) is 0 Å². The molecule has 0 aromatic heterocycles. The van der Waals surface area contributed by atoms with Gasteiger partial charge in [0.15, 0.2) is 11.6 Å². The average Bonchev–Trinajstić information content (AvgIpc) is 2.21.